The topological polar surface area (TPSA) is 38.3 Å². The second-order valence-corrected chi connectivity index (χ2v) is 5.92. The van der Waals surface area contributed by atoms with Crippen molar-refractivity contribution in [3.63, 3.8) is 0 Å². The number of hydrogen-bond acceptors (Lipinski definition) is 3. The first-order chi connectivity index (χ1) is 11.1. The second-order valence-electron chi connectivity index (χ2n) is 4.82. The number of anilines is 1. The van der Waals surface area contributed by atoms with E-state index in [2.05, 4.69) is 5.32 Å². The van der Waals surface area contributed by atoms with E-state index in [1.807, 2.05) is 0 Å². The third kappa shape index (κ3) is 5.56. The molecule has 2 aromatic carbocycles. The van der Waals surface area contributed by atoms with E-state index >= 15 is 0 Å². The maximum absolute atomic E-state index is 13.2. The van der Waals surface area contributed by atoms with E-state index in [1.165, 1.54) is 49.2 Å². The number of rotatable bonds is 7. The van der Waals surface area contributed by atoms with Crippen molar-refractivity contribution in [2.75, 3.05) is 18.2 Å². The van der Waals surface area contributed by atoms with Gasteiger partial charge in [-0.3, -0.25) is 4.79 Å². The third-order valence-corrected chi connectivity index (χ3v) is 4.09. The molecule has 122 valence electrons. The maximum Gasteiger partial charge on any atom is 0.225 e. The smallest absolute Gasteiger partial charge is 0.225 e. The quantitative estimate of drug-likeness (QED) is 0.768. The Morgan fingerprint density at radius 3 is 2.70 bits per heavy atom. The number of thioether (sulfide) groups is 1. The van der Waals surface area contributed by atoms with Gasteiger partial charge in [-0.2, -0.15) is 11.8 Å². The monoisotopic (exact) mass is 337 g/mol. The van der Waals surface area contributed by atoms with E-state index < -0.39 is 5.82 Å². The Morgan fingerprint density at radius 1 is 1.17 bits per heavy atom. The van der Waals surface area contributed by atoms with Gasteiger partial charge in [0.05, 0.1) is 7.11 Å². The van der Waals surface area contributed by atoms with Crippen LogP contribution >= 0.6 is 11.8 Å². The number of halogens is 2. The molecule has 0 aliphatic rings. The minimum Gasteiger partial charge on any atom is -0.496 e. The number of ether oxygens (including phenoxy) is 1. The SMILES string of the molecule is COc1ccc(F)cc1CSCCC(=O)Nc1cccc(F)c1. The maximum atomic E-state index is 13.2. The molecule has 0 heterocycles. The number of carbonyl (C=O) groups is 1. The first kappa shape index (κ1) is 17.3. The van der Waals surface area contributed by atoms with Crippen LogP contribution in [0, 0.1) is 11.6 Å². The molecule has 3 nitrogen and oxygen atoms in total. The number of nitrogens with one attached hydrogen (secondary N) is 1. The van der Waals surface area contributed by atoms with Crippen molar-refractivity contribution in [2.45, 2.75) is 12.2 Å². The lowest BCUT2D eigenvalue weighted by atomic mass is 10.2. The van der Waals surface area contributed by atoms with Crippen LogP contribution in [0.3, 0.4) is 0 Å². The van der Waals surface area contributed by atoms with Crippen molar-refractivity contribution >= 4 is 23.4 Å². The zero-order valence-electron chi connectivity index (χ0n) is 12.6. The summed E-state index contributed by atoms with van der Waals surface area (Å²) < 4.78 is 31.4. The van der Waals surface area contributed by atoms with Gasteiger partial charge >= 0.3 is 0 Å². The fourth-order valence-corrected chi connectivity index (χ4v) is 2.92. The molecule has 0 aliphatic heterocycles. The average Bonchev–Trinajstić information content (AvgIpc) is 2.52. The highest BCUT2D eigenvalue weighted by molar-refractivity contribution is 7.98. The summed E-state index contributed by atoms with van der Waals surface area (Å²) in [5, 5.41) is 2.64. The Hall–Kier alpha value is -2.08. The van der Waals surface area contributed by atoms with Crippen LogP contribution in [0.5, 0.6) is 5.75 Å². The molecule has 0 radical (unpaired) electrons. The highest BCUT2D eigenvalue weighted by atomic mass is 32.2. The predicted octanol–water partition coefficient (Wildman–Crippen LogP) is 4.24. The molecule has 0 saturated heterocycles. The summed E-state index contributed by atoms with van der Waals surface area (Å²) >= 11 is 1.51. The Morgan fingerprint density at radius 2 is 1.96 bits per heavy atom. The number of hydrogen-bond donors (Lipinski definition) is 1. The van der Waals surface area contributed by atoms with Gasteiger partial charge in [0, 0.05) is 29.2 Å². The van der Waals surface area contributed by atoms with Crippen molar-refractivity contribution in [2.24, 2.45) is 0 Å². The van der Waals surface area contributed by atoms with E-state index in [0.29, 0.717) is 29.4 Å². The lowest BCUT2D eigenvalue weighted by molar-refractivity contribution is -0.115. The summed E-state index contributed by atoms with van der Waals surface area (Å²) in [6.07, 6.45) is 0.290. The van der Waals surface area contributed by atoms with E-state index in [-0.39, 0.29) is 11.7 Å². The van der Waals surface area contributed by atoms with E-state index in [9.17, 15) is 13.6 Å². The molecule has 0 bridgehead atoms. The van der Waals surface area contributed by atoms with Gasteiger partial charge in [-0.15, -0.1) is 0 Å². The normalized spacial score (nSPS) is 10.4. The minimum absolute atomic E-state index is 0.186. The van der Waals surface area contributed by atoms with E-state index in [1.54, 1.807) is 12.1 Å². The number of carbonyl (C=O) groups excluding carboxylic acids is 1. The van der Waals surface area contributed by atoms with Gasteiger partial charge in [0.2, 0.25) is 5.91 Å². The Labute approximate surface area is 138 Å². The van der Waals surface area contributed by atoms with Crippen molar-refractivity contribution in [3.8, 4) is 5.75 Å². The summed E-state index contributed by atoms with van der Waals surface area (Å²) in [4.78, 5) is 11.8. The molecular formula is C17H17F2NO2S. The van der Waals surface area contributed by atoms with Crippen LogP contribution in [0.15, 0.2) is 42.5 Å². The molecular weight excluding hydrogens is 320 g/mol. The Balaban J connectivity index is 1.77. The molecule has 0 unspecified atom stereocenters. The molecule has 1 N–H and O–H groups in total. The summed E-state index contributed by atoms with van der Waals surface area (Å²) in [5.41, 5.74) is 1.19. The van der Waals surface area contributed by atoms with Crippen molar-refractivity contribution in [3.05, 3.63) is 59.7 Å². The van der Waals surface area contributed by atoms with Crippen molar-refractivity contribution < 1.29 is 18.3 Å². The molecule has 0 aliphatic carbocycles. The van der Waals surface area contributed by atoms with Crippen LogP contribution < -0.4 is 10.1 Å². The van der Waals surface area contributed by atoms with Gasteiger partial charge in [0.1, 0.15) is 17.4 Å². The zero-order valence-corrected chi connectivity index (χ0v) is 13.5. The van der Waals surface area contributed by atoms with Crippen molar-refractivity contribution in [1.82, 2.24) is 0 Å². The number of amides is 1. The van der Waals surface area contributed by atoms with Crippen LogP contribution in [-0.4, -0.2) is 18.8 Å². The lowest BCUT2D eigenvalue weighted by Gasteiger charge is -2.08. The predicted molar refractivity (Wildman–Crippen MR) is 88.8 cm³/mol. The summed E-state index contributed by atoms with van der Waals surface area (Å²) in [5.74, 6) is 0.854. The first-order valence-electron chi connectivity index (χ1n) is 7.04. The zero-order chi connectivity index (χ0) is 16.7. The molecule has 6 heteroatoms. The Kier molecular flexibility index (Phi) is 6.40. The van der Waals surface area contributed by atoms with Gasteiger partial charge in [0.15, 0.2) is 0 Å². The van der Waals surface area contributed by atoms with Crippen LogP contribution in [0.2, 0.25) is 0 Å². The van der Waals surface area contributed by atoms with Crippen LogP contribution in [-0.2, 0) is 10.5 Å². The molecule has 2 rings (SSSR count). The van der Waals surface area contributed by atoms with E-state index in [0.717, 1.165) is 5.56 Å². The largest absolute Gasteiger partial charge is 0.496 e. The first-order valence-corrected chi connectivity index (χ1v) is 8.19. The second kappa shape index (κ2) is 8.53. The molecule has 0 fully saturated rings. The summed E-state index contributed by atoms with van der Waals surface area (Å²) in [7, 11) is 1.54. The lowest BCUT2D eigenvalue weighted by Crippen LogP contribution is -2.12. The van der Waals surface area contributed by atoms with Crippen molar-refractivity contribution in [1.29, 1.82) is 0 Å². The minimum atomic E-state index is -0.393. The molecule has 2 aromatic rings. The third-order valence-electron chi connectivity index (χ3n) is 3.08. The fourth-order valence-electron chi connectivity index (χ4n) is 2.00. The number of benzene rings is 2. The van der Waals surface area contributed by atoms with Crippen LogP contribution in [0.25, 0.3) is 0 Å². The molecule has 1 amide bonds. The van der Waals surface area contributed by atoms with Gasteiger partial charge in [-0.05, 0) is 36.4 Å². The molecule has 0 spiro atoms. The van der Waals surface area contributed by atoms with Gasteiger partial charge in [-0.25, -0.2) is 8.78 Å². The molecule has 0 aromatic heterocycles. The highest BCUT2D eigenvalue weighted by Gasteiger charge is 2.07. The Bertz CT molecular complexity index is 679. The fraction of sp³-hybridized carbons (Fsp3) is 0.235. The van der Waals surface area contributed by atoms with Crippen LogP contribution in [0.1, 0.15) is 12.0 Å². The summed E-state index contributed by atoms with van der Waals surface area (Å²) in [6, 6.07) is 10.1. The van der Waals surface area contributed by atoms with E-state index in [4.69, 9.17) is 4.74 Å². The van der Waals surface area contributed by atoms with Crippen LogP contribution in [0.4, 0.5) is 14.5 Å². The van der Waals surface area contributed by atoms with Gasteiger partial charge < -0.3 is 10.1 Å². The van der Waals surface area contributed by atoms with Gasteiger partial charge in [0.25, 0.3) is 0 Å². The standard InChI is InChI=1S/C17H17F2NO2S/c1-22-16-6-5-14(19)9-12(16)11-23-8-7-17(21)20-15-4-2-3-13(18)10-15/h2-6,9-10H,7-8,11H2,1H3,(H,20,21). The molecule has 23 heavy (non-hydrogen) atoms. The molecule has 0 atom stereocenters. The average molecular weight is 337 g/mol. The molecule has 0 saturated carbocycles. The highest BCUT2D eigenvalue weighted by Crippen LogP contribution is 2.24. The summed E-state index contributed by atoms with van der Waals surface area (Å²) in [6.45, 7) is 0. The number of methoxy groups -OCH3 is 1. The van der Waals surface area contributed by atoms with Gasteiger partial charge in [-0.1, -0.05) is 6.07 Å².